The minimum absolute atomic E-state index is 0.0262. The summed E-state index contributed by atoms with van der Waals surface area (Å²) in [4.78, 5) is 25.3. The lowest BCUT2D eigenvalue weighted by Gasteiger charge is -2.11. The molecule has 0 saturated heterocycles. The minimum Gasteiger partial charge on any atom is -0.492 e. The van der Waals surface area contributed by atoms with Gasteiger partial charge >= 0.3 is 0 Å². The predicted octanol–water partition coefficient (Wildman–Crippen LogP) is 3.72. The normalized spacial score (nSPS) is 10.8. The Balaban J connectivity index is 1.77. The number of carbonyl (C=O) groups excluding carboxylic acids is 1. The highest BCUT2D eigenvalue weighted by Crippen LogP contribution is 2.29. The van der Waals surface area contributed by atoms with Gasteiger partial charge in [0, 0.05) is 16.8 Å². The van der Waals surface area contributed by atoms with E-state index in [1.165, 1.54) is 24.0 Å². The van der Waals surface area contributed by atoms with Gasteiger partial charge in [0.25, 0.3) is 11.5 Å². The first-order valence-electron chi connectivity index (χ1n) is 9.61. The van der Waals surface area contributed by atoms with E-state index in [9.17, 15) is 9.59 Å². The molecule has 0 atom stereocenters. The van der Waals surface area contributed by atoms with Gasteiger partial charge in [0.15, 0.2) is 11.5 Å². The highest BCUT2D eigenvalue weighted by molar-refractivity contribution is 6.31. The van der Waals surface area contributed by atoms with E-state index in [4.69, 9.17) is 21.1 Å². The average molecular weight is 440 g/mol. The van der Waals surface area contributed by atoms with Crippen molar-refractivity contribution in [3.63, 3.8) is 0 Å². The SMILES string of the molecule is CCOc1cccc(/C=N\NC(=O)c2cccn(Cc3ccccc3Cl)c2=O)c1OC. The number of ether oxygens (including phenoxy) is 2. The van der Waals surface area contributed by atoms with Crippen molar-refractivity contribution < 1.29 is 14.3 Å². The number of rotatable bonds is 8. The number of halogens is 1. The second-order valence-corrected chi connectivity index (χ2v) is 6.86. The molecule has 0 fully saturated rings. The van der Waals surface area contributed by atoms with Crippen LogP contribution in [-0.4, -0.2) is 30.4 Å². The fraction of sp³-hybridized carbons (Fsp3) is 0.174. The van der Waals surface area contributed by atoms with Crippen LogP contribution >= 0.6 is 11.6 Å². The summed E-state index contributed by atoms with van der Waals surface area (Å²) in [6.45, 7) is 2.62. The molecule has 3 rings (SSSR count). The Bertz CT molecular complexity index is 1160. The molecule has 7 nitrogen and oxygen atoms in total. The summed E-state index contributed by atoms with van der Waals surface area (Å²) in [6.07, 6.45) is 3.04. The van der Waals surface area contributed by atoms with E-state index in [1.54, 1.807) is 36.5 Å². The fourth-order valence-corrected chi connectivity index (χ4v) is 3.18. The molecule has 1 heterocycles. The van der Waals surface area contributed by atoms with Crippen molar-refractivity contribution in [2.24, 2.45) is 5.10 Å². The van der Waals surface area contributed by atoms with Crippen LogP contribution < -0.4 is 20.5 Å². The summed E-state index contributed by atoms with van der Waals surface area (Å²) in [7, 11) is 1.53. The van der Waals surface area contributed by atoms with Gasteiger partial charge in [-0.2, -0.15) is 5.10 Å². The van der Waals surface area contributed by atoms with Gasteiger partial charge in [-0.15, -0.1) is 0 Å². The number of para-hydroxylation sites is 1. The van der Waals surface area contributed by atoms with Gasteiger partial charge < -0.3 is 14.0 Å². The van der Waals surface area contributed by atoms with Crippen molar-refractivity contribution in [3.8, 4) is 11.5 Å². The molecule has 0 radical (unpaired) electrons. The third-order valence-electron chi connectivity index (χ3n) is 4.45. The zero-order chi connectivity index (χ0) is 22.2. The molecule has 0 aliphatic rings. The number of hydrogen-bond donors (Lipinski definition) is 1. The van der Waals surface area contributed by atoms with E-state index in [0.717, 1.165) is 5.56 Å². The summed E-state index contributed by atoms with van der Waals surface area (Å²) < 4.78 is 12.3. The smallest absolute Gasteiger partial charge is 0.276 e. The molecule has 3 aromatic rings. The molecule has 2 aromatic carbocycles. The van der Waals surface area contributed by atoms with Crippen molar-refractivity contribution >= 4 is 23.7 Å². The van der Waals surface area contributed by atoms with Crippen molar-refractivity contribution in [2.75, 3.05) is 13.7 Å². The molecule has 1 N–H and O–H groups in total. The summed E-state index contributed by atoms with van der Waals surface area (Å²) in [5, 5.41) is 4.52. The molecule has 0 aliphatic carbocycles. The lowest BCUT2D eigenvalue weighted by molar-refractivity contribution is 0.0953. The molecule has 0 spiro atoms. The number of amides is 1. The first-order chi connectivity index (χ1) is 15.0. The van der Waals surface area contributed by atoms with Crippen molar-refractivity contribution in [2.45, 2.75) is 13.5 Å². The van der Waals surface area contributed by atoms with Crippen LogP contribution in [0.15, 0.2) is 70.7 Å². The zero-order valence-corrected chi connectivity index (χ0v) is 17.9. The fourth-order valence-electron chi connectivity index (χ4n) is 2.99. The van der Waals surface area contributed by atoms with Crippen molar-refractivity contribution in [1.29, 1.82) is 0 Å². The van der Waals surface area contributed by atoms with Crippen molar-refractivity contribution in [1.82, 2.24) is 9.99 Å². The Labute approximate surface area is 184 Å². The van der Waals surface area contributed by atoms with Crippen LogP contribution in [0, 0.1) is 0 Å². The molecule has 0 aliphatic heterocycles. The van der Waals surface area contributed by atoms with Crippen molar-refractivity contribution in [3.05, 3.63) is 92.9 Å². The third kappa shape index (κ3) is 5.32. The molecule has 160 valence electrons. The van der Waals surface area contributed by atoms with E-state index >= 15 is 0 Å². The first kappa shape index (κ1) is 22.1. The Morgan fingerprint density at radius 2 is 1.97 bits per heavy atom. The predicted molar refractivity (Wildman–Crippen MR) is 120 cm³/mol. The zero-order valence-electron chi connectivity index (χ0n) is 17.2. The number of benzene rings is 2. The Kier molecular flexibility index (Phi) is 7.45. The number of carbonyl (C=O) groups is 1. The number of methoxy groups -OCH3 is 1. The number of nitrogens with one attached hydrogen (secondary N) is 1. The summed E-state index contributed by atoms with van der Waals surface area (Å²) in [5.41, 5.74) is 3.33. The molecule has 31 heavy (non-hydrogen) atoms. The monoisotopic (exact) mass is 439 g/mol. The van der Waals surface area contributed by atoms with Gasteiger partial charge in [0.2, 0.25) is 0 Å². The van der Waals surface area contributed by atoms with Crippen LogP contribution in [0.25, 0.3) is 0 Å². The summed E-state index contributed by atoms with van der Waals surface area (Å²) in [6, 6.07) is 15.7. The second kappa shape index (κ2) is 10.4. The highest BCUT2D eigenvalue weighted by atomic mass is 35.5. The minimum atomic E-state index is -0.616. The molecule has 0 unspecified atom stereocenters. The summed E-state index contributed by atoms with van der Waals surface area (Å²) in [5.74, 6) is 0.463. The molecule has 8 heteroatoms. The van der Waals surface area contributed by atoms with Crippen LogP contribution in [-0.2, 0) is 6.54 Å². The third-order valence-corrected chi connectivity index (χ3v) is 4.82. The van der Waals surface area contributed by atoms with E-state index in [0.29, 0.717) is 28.7 Å². The molecule has 0 bridgehead atoms. The Hall–Kier alpha value is -3.58. The molecule has 1 aromatic heterocycles. The Morgan fingerprint density at radius 3 is 2.71 bits per heavy atom. The van der Waals surface area contributed by atoms with Crippen LogP contribution in [0.2, 0.25) is 5.02 Å². The van der Waals surface area contributed by atoms with E-state index < -0.39 is 11.5 Å². The first-order valence-corrected chi connectivity index (χ1v) is 9.99. The van der Waals surface area contributed by atoms with Crippen LogP contribution in [0.4, 0.5) is 0 Å². The van der Waals surface area contributed by atoms with Gasteiger partial charge in [-0.05, 0) is 42.8 Å². The Morgan fingerprint density at radius 1 is 1.16 bits per heavy atom. The number of aromatic nitrogens is 1. The van der Waals surface area contributed by atoms with Crippen LogP contribution in [0.1, 0.15) is 28.4 Å². The van der Waals surface area contributed by atoms with Gasteiger partial charge in [-0.3, -0.25) is 9.59 Å². The van der Waals surface area contributed by atoms with Gasteiger partial charge in [0.1, 0.15) is 5.56 Å². The molecule has 1 amide bonds. The van der Waals surface area contributed by atoms with Crippen LogP contribution in [0.3, 0.4) is 0 Å². The van der Waals surface area contributed by atoms with E-state index in [2.05, 4.69) is 10.5 Å². The molecule has 0 saturated carbocycles. The molecular weight excluding hydrogens is 418 g/mol. The number of hydrogen-bond acceptors (Lipinski definition) is 5. The van der Waals surface area contributed by atoms with Gasteiger partial charge in [-0.1, -0.05) is 35.9 Å². The van der Waals surface area contributed by atoms with Crippen LogP contribution in [0.5, 0.6) is 11.5 Å². The lowest BCUT2D eigenvalue weighted by Crippen LogP contribution is -2.31. The maximum absolute atomic E-state index is 12.7. The standard InChI is InChI=1S/C23H22ClN3O4/c1-3-31-20-12-6-9-16(21(20)30-2)14-25-26-22(28)18-10-7-13-27(23(18)29)15-17-8-4-5-11-19(17)24/h4-14H,3,15H2,1-2H3,(H,26,28)/b25-14-. The maximum atomic E-state index is 12.7. The van der Waals surface area contributed by atoms with E-state index in [-0.39, 0.29) is 12.1 Å². The highest BCUT2D eigenvalue weighted by Gasteiger charge is 2.13. The topological polar surface area (TPSA) is 81.9 Å². The second-order valence-electron chi connectivity index (χ2n) is 6.46. The quantitative estimate of drug-likeness (QED) is 0.428. The number of hydrazone groups is 1. The number of pyridine rings is 1. The lowest BCUT2D eigenvalue weighted by atomic mass is 10.2. The largest absolute Gasteiger partial charge is 0.492 e. The van der Waals surface area contributed by atoms with Gasteiger partial charge in [-0.25, -0.2) is 5.43 Å². The molecular formula is C23H22ClN3O4. The maximum Gasteiger partial charge on any atom is 0.276 e. The summed E-state index contributed by atoms with van der Waals surface area (Å²) >= 11 is 6.18. The average Bonchev–Trinajstić information content (AvgIpc) is 2.77. The number of nitrogens with zero attached hydrogens (tertiary/aromatic N) is 2. The van der Waals surface area contributed by atoms with E-state index in [1.807, 2.05) is 25.1 Å². The van der Waals surface area contributed by atoms with Gasteiger partial charge in [0.05, 0.1) is 26.5 Å².